The molecular weight excluding hydrogens is 471 g/mol. The maximum absolute atomic E-state index is 13.6. The number of aromatic nitrogens is 1. The van der Waals surface area contributed by atoms with Crippen molar-refractivity contribution in [1.82, 2.24) is 8.87 Å². The SMILES string of the molecule is Cc1c(C2CCN(S(=O)(=O)c3cccc(F)c3)CC2)c2ccccc2n1Cc1cccc(Cl)c1. The molecule has 0 amide bonds. The number of sulfonamides is 1. The van der Waals surface area contributed by atoms with Crippen LogP contribution < -0.4 is 0 Å². The quantitative estimate of drug-likeness (QED) is 0.322. The molecule has 34 heavy (non-hydrogen) atoms. The van der Waals surface area contributed by atoms with Crippen LogP contribution in [-0.2, 0) is 16.6 Å². The van der Waals surface area contributed by atoms with E-state index in [-0.39, 0.29) is 10.8 Å². The standard InChI is InChI=1S/C27H26ClFN2O2S/c1-19-27(21-12-14-30(15-13-21)34(32,33)24-9-5-8-23(29)17-24)25-10-2-3-11-26(25)31(19)18-20-6-4-7-22(28)16-20/h2-11,16-17,21H,12-15,18H2,1H3. The van der Waals surface area contributed by atoms with Gasteiger partial charge in [0.1, 0.15) is 5.82 Å². The predicted octanol–water partition coefficient (Wildman–Crippen LogP) is 6.36. The number of halogens is 2. The molecule has 0 bridgehead atoms. The zero-order valence-corrected chi connectivity index (χ0v) is 20.5. The third kappa shape index (κ3) is 4.26. The van der Waals surface area contributed by atoms with E-state index in [9.17, 15) is 12.8 Å². The Kier molecular flexibility index (Phi) is 6.23. The number of hydrogen-bond acceptors (Lipinski definition) is 2. The van der Waals surface area contributed by atoms with Gasteiger partial charge in [-0.2, -0.15) is 4.31 Å². The number of fused-ring (bicyclic) bond motifs is 1. The van der Waals surface area contributed by atoms with Crippen LogP contribution >= 0.6 is 11.6 Å². The van der Waals surface area contributed by atoms with Crippen LogP contribution in [0.3, 0.4) is 0 Å². The predicted molar refractivity (Wildman–Crippen MR) is 134 cm³/mol. The Labute approximate surface area is 204 Å². The van der Waals surface area contributed by atoms with Crippen molar-refractivity contribution in [2.24, 2.45) is 0 Å². The molecule has 7 heteroatoms. The summed E-state index contributed by atoms with van der Waals surface area (Å²) in [5.74, 6) is -0.288. The molecule has 1 aliphatic rings. The third-order valence-corrected chi connectivity index (χ3v) is 8.94. The summed E-state index contributed by atoms with van der Waals surface area (Å²) in [4.78, 5) is 0.0141. The summed E-state index contributed by atoms with van der Waals surface area (Å²) in [7, 11) is -3.71. The number of rotatable bonds is 5. The molecule has 1 aromatic heterocycles. The molecule has 1 saturated heterocycles. The summed E-state index contributed by atoms with van der Waals surface area (Å²) in [6.45, 7) is 3.70. The van der Waals surface area contributed by atoms with Gasteiger partial charge in [-0.05, 0) is 73.2 Å². The second-order valence-electron chi connectivity index (χ2n) is 8.87. The van der Waals surface area contributed by atoms with Gasteiger partial charge in [0, 0.05) is 41.3 Å². The number of hydrogen-bond donors (Lipinski definition) is 0. The van der Waals surface area contributed by atoms with Gasteiger partial charge in [-0.1, -0.05) is 48.0 Å². The number of piperidine rings is 1. The summed E-state index contributed by atoms with van der Waals surface area (Å²) in [6.07, 6.45) is 1.45. The van der Waals surface area contributed by atoms with E-state index in [1.54, 1.807) is 0 Å². The highest BCUT2D eigenvalue weighted by molar-refractivity contribution is 7.89. The fourth-order valence-corrected chi connectivity index (χ4v) is 6.87. The van der Waals surface area contributed by atoms with Gasteiger partial charge in [-0.15, -0.1) is 0 Å². The summed E-state index contributed by atoms with van der Waals surface area (Å²) in [6, 6.07) is 21.6. The van der Waals surface area contributed by atoms with Crippen LogP contribution in [0.2, 0.25) is 5.02 Å². The van der Waals surface area contributed by atoms with Crippen molar-refractivity contribution >= 4 is 32.5 Å². The largest absolute Gasteiger partial charge is 0.340 e. The van der Waals surface area contributed by atoms with Crippen molar-refractivity contribution in [3.63, 3.8) is 0 Å². The van der Waals surface area contributed by atoms with Crippen LogP contribution in [-0.4, -0.2) is 30.4 Å². The lowest BCUT2D eigenvalue weighted by atomic mass is 9.88. The Morgan fingerprint density at radius 3 is 2.44 bits per heavy atom. The Bertz CT molecular complexity index is 1460. The molecule has 2 heterocycles. The van der Waals surface area contributed by atoms with Crippen molar-refractivity contribution in [2.75, 3.05) is 13.1 Å². The van der Waals surface area contributed by atoms with Gasteiger partial charge >= 0.3 is 0 Å². The van der Waals surface area contributed by atoms with Crippen molar-refractivity contribution < 1.29 is 12.8 Å². The zero-order valence-electron chi connectivity index (χ0n) is 18.9. The first-order valence-corrected chi connectivity index (χ1v) is 13.2. The fourth-order valence-electron chi connectivity index (χ4n) is 5.16. The van der Waals surface area contributed by atoms with Gasteiger partial charge in [0.05, 0.1) is 4.90 Å². The molecular formula is C27H26ClFN2O2S. The highest BCUT2D eigenvalue weighted by Gasteiger charge is 2.32. The van der Waals surface area contributed by atoms with E-state index in [4.69, 9.17) is 11.6 Å². The van der Waals surface area contributed by atoms with Gasteiger partial charge in [-0.3, -0.25) is 0 Å². The van der Waals surface area contributed by atoms with Crippen molar-refractivity contribution in [1.29, 1.82) is 0 Å². The Morgan fingerprint density at radius 2 is 1.71 bits per heavy atom. The van der Waals surface area contributed by atoms with Gasteiger partial charge in [0.25, 0.3) is 0 Å². The average Bonchev–Trinajstić information content (AvgIpc) is 3.10. The third-order valence-electron chi connectivity index (χ3n) is 6.81. The van der Waals surface area contributed by atoms with Gasteiger partial charge in [-0.25, -0.2) is 12.8 Å². The monoisotopic (exact) mass is 496 g/mol. The minimum atomic E-state index is -3.71. The zero-order chi connectivity index (χ0) is 23.9. The average molecular weight is 497 g/mol. The molecule has 0 aliphatic carbocycles. The molecule has 1 fully saturated rings. The first-order valence-electron chi connectivity index (χ1n) is 11.4. The lowest BCUT2D eigenvalue weighted by molar-refractivity contribution is 0.319. The van der Waals surface area contributed by atoms with Crippen LogP contribution in [0.1, 0.15) is 35.6 Å². The van der Waals surface area contributed by atoms with Crippen LogP contribution in [0.4, 0.5) is 4.39 Å². The molecule has 0 N–H and O–H groups in total. The van der Waals surface area contributed by atoms with Gasteiger partial charge in [0.2, 0.25) is 10.0 Å². The Morgan fingerprint density at radius 1 is 0.971 bits per heavy atom. The van der Waals surface area contributed by atoms with E-state index in [2.05, 4.69) is 35.8 Å². The van der Waals surface area contributed by atoms with Crippen molar-refractivity contribution in [2.45, 2.75) is 37.1 Å². The van der Waals surface area contributed by atoms with E-state index in [0.29, 0.717) is 13.1 Å². The highest BCUT2D eigenvalue weighted by atomic mass is 35.5. The Hall–Kier alpha value is -2.67. The number of benzene rings is 3. The fraction of sp³-hybridized carbons (Fsp3) is 0.259. The van der Waals surface area contributed by atoms with E-state index in [1.807, 2.05) is 24.3 Å². The molecule has 3 aromatic carbocycles. The number of para-hydroxylation sites is 1. The molecule has 0 saturated carbocycles. The van der Waals surface area contributed by atoms with E-state index in [1.165, 1.54) is 44.7 Å². The number of nitrogens with zero attached hydrogens (tertiary/aromatic N) is 2. The highest BCUT2D eigenvalue weighted by Crippen LogP contribution is 2.38. The second kappa shape index (κ2) is 9.17. The molecule has 0 atom stereocenters. The lowest BCUT2D eigenvalue weighted by Gasteiger charge is -2.31. The van der Waals surface area contributed by atoms with Crippen LogP contribution in [0, 0.1) is 12.7 Å². The molecule has 176 valence electrons. The molecule has 0 unspecified atom stereocenters. The molecule has 0 radical (unpaired) electrons. The summed E-state index contributed by atoms with van der Waals surface area (Å²) < 4.78 is 43.5. The molecule has 4 nitrogen and oxygen atoms in total. The normalized spacial score (nSPS) is 15.7. The molecule has 5 rings (SSSR count). The van der Waals surface area contributed by atoms with Gasteiger partial charge in [0.15, 0.2) is 0 Å². The summed E-state index contributed by atoms with van der Waals surface area (Å²) in [5.41, 5.74) is 4.80. The van der Waals surface area contributed by atoms with Gasteiger partial charge < -0.3 is 4.57 Å². The second-order valence-corrected chi connectivity index (χ2v) is 11.2. The van der Waals surface area contributed by atoms with Crippen LogP contribution in [0.15, 0.2) is 77.7 Å². The summed E-state index contributed by atoms with van der Waals surface area (Å²) >= 11 is 6.22. The minimum absolute atomic E-state index is 0.0141. The minimum Gasteiger partial charge on any atom is -0.340 e. The molecule has 1 aliphatic heterocycles. The maximum atomic E-state index is 13.6. The smallest absolute Gasteiger partial charge is 0.243 e. The molecule has 4 aromatic rings. The van der Waals surface area contributed by atoms with E-state index in [0.717, 1.165) is 36.0 Å². The van der Waals surface area contributed by atoms with Crippen LogP contribution in [0.5, 0.6) is 0 Å². The van der Waals surface area contributed by atoms with Crippen LogP contribution in [0.25, 0.3) is 10.9 Å². The van der Waals surface area contributed by atoms with Crippen molar-refractivity contribution in [3.05, 3.63) is 100 Å². The lowest BCUT2D eigenvalue weighted by Crippen LogP contribution is -2.38. The maximum Gasteiger partial charge on any atom is 0.243 e. The summed E-state index contributed by atoms with van der Waals surface area (Å²) in [5, 5.41) is 1.94. The van der Waals surface area contributed by atoms with E-state index < -0.39 is 15.8 Å². The first-order chi connectivity index (χ1) is 16.3. The topological polar surface area (TPSA) is 42.3 Å². The van der Waals surface area contributed by atoms with Crippen molar-refractivity contribution in [3.8, 4) is 0 Å². The first kappa shape index (κ1) is 23.1. The van der Waals surface area contributed by atoms with E-state index >= 15 is 0 Å². The Balaban J connectivity index is 1.43. The molecule has 0 spiro atoms.